The van der Waals surface area contributed by atoms with Crippen LogP contribution in [0.1, 0.15) is 19.8 Å². The van der Waals surface area contributed by atoms with Crippen molar-refractivity contribution in [2.75, 3.05) is 46.9 Å². The molecule has 3 nitrogen and oxygen atoms in total. The first-order valence-corrected chi connectivity index (χ1v) is 5.54. The lowest BCUT2D eigenvalue weighted by Gasteiger charge is -2.37. The van der Waals surface area contributed by atoms with Gasteiger partial charge in [-0.3, -0.25) is 0 Å². The van der Waals surface area contributed by atoms with Crippen molar-refractivity contribution in [1.29, 1.82) is 0 Å². The topological polar surface area (TPSA) is 24.5 Å². The molecule has 0 amide bonds. The number of piperidine rings is 1. The summed E-state index contributed by atoms with van der Waals surface area (Å²) in [4.78, 5) is 2.37. The van der Waals surface area contributed by atoms with E-state index in [0.717, 1.165) is 19.7 Å². The molecule has 1 aliphatic rings. The highest BCUT2D eigenvalue weighted by atomic mass is 16.5. The van der Waals surface area contributed by atoms with Crippen molar-refractivity contribution in [2.24, 2.45) is 5.41 Å². The molecule has 0 aromatic heterocycles. The van der Waals surface area contributed by atoms with E-state index in [-0.39, 0.29) is 0 Å². The van der Waals surface area contributed by atoms with Crippen LogP contribution in [0.15, 0.2) is 0 Å². The second kappa shape index (κ2) is 5.69. The molecule has 0 radical (unpaired) electrons. The SMILES string of the molecule is COCCN(C)CC1(C)CCCNC1. The van der Waals surface area contributed by atoms with Gasteiger partial charge in [-0.2, -0.15) is 0 Å². The van der Waals surface area contributed by atoms with Crippen LogP contribution in [-0.2, 0) is 4.74 Å². The van der Waals surface area contributed by atoms with E-state index in [1.54, 1.807) is 7.11 Å². The Morgan fingerprint density at radius 2 is 2.29 bits per heavy atom. The maximum Gasteiger partial charge on any atom is 0.0589 e. The van der Waals surface area contributed by atoms with Crippen molar-refractivity contribution in [3.63, 3.8) is 0 Å². The van der Waals surface area contributed by atoms with Gasteiger partial charge < -0.3 is 15.0 Å². The molecule has 1 saturated heterocycles. The van der Waals surface area contributed by atoms with Crippen LogP contribution in [0.25, 0.3) is 0 Å². The molecule has 0 spiro atoms. The minimum Gasteiger partial charge on any atom is -0.383 e. The predicted molar refractivity (Wildman–Crippen MR) is 59.6 cm³/mol. The molecular weight excluding hydrogens is 176 g/mol. The normalized spacial score (nSPS) is 28.3. The van der Waals surface area contributed by atoms with Gasteiger partial charge in [0.1, 0.15) is 0 Å². The number of hydrogen-bond donors (Lipinski definition) is 1. The Hall–Kier alpha value is -0.120. The minimum absolute atomic E-state index is 0.459. The lowest BCUT2D eigenvalue weighted by molar-refractivity contribution is 0.115. The number of hydrogen-bond acceptors (Lipinski definition) is 3. The number of ether oxygens (including phenoxy) is 1. The third-order valence-electron chi connectivity index (χ3n) is 3.01. The molecule has 1 N–H and O–H groups in total. The van der Waals surface area contributed by atoms with Crippen LogP contribution in [0.4, 0.5) is 0 Å². The molecule has 1 aliphatic heterocycles. The first-order valence-electron chi connectivity index (χ1n) is 5.54. The van der Waals surface area contributed by atoms with Gasteiger partial charge in [-0.15, -0.1) is 0 Å². The number of likely N-dealkylation sites (N-methyl/N-ethyl adjacent to an activating group) is 1. The van der Waals surface area contributed by atoms with Crippen LogP contribution in [0.5, 0.6) is 0 Å². The summed E-state index contributed by atoms with van der Waals surface area (Å²) < 4.78 is 5.08. The zero-order chi connectivity index (χ0) is 10.4. The van der Waals surface area contributed by atoms with E-state index in [4.69, 9.17) is 4.74 Å². The lowest BCUT2D eigenvalue weighted by atomic mass is 9.82. The molecule has 1 fully saturated rings. The van der Waals surface area contributed by atoms with Gasteiger partial charge in [-0.25, -0.2) is 0 Å². The molecule has 0 aromatic carbocycles. The van der Waals surface area contributed by atoms with Crippen molar-refractivity contribution in [3.05, 3.63) is 0 Å². The fraction of sp³-hybridized carbons (Fsp3) is 1.00. The van der Waals surface area contributed by atoms with Crippen molar-refractivity contribution in [3.8, 4) is 0 Å². The Morgan fingerprint density at radius 3 is 2.86 bits per heavy atom. The van der Waals surface area contributed by atoms with Crippen LogP contribution in [-0.4, -0.2) is 51.8 Å². The summed E-state index contributed by atoms with van der Waals surface area (Å²) in [5.74, 6) is 0. The smallest absolute Gasteiger partial charge is 0.0589 e. The Balaban J connectivity index is 2.25. The second-order valence-electron chi connectivity index (χ2n) is 4.82. The fourth-order valence-corrected chi connectivity index (χ4v) is 2.23. The van der Waals surface area contributed by atoms with Crippen molar-refractivity contribution >= 4 is 0 Å². The van der Waals surface area contributed by atoms with E-state index in [1.165, 1.54) is 25.9 Å². The van der Waals surface area contributed by atoms with E-state index in [2.05, 4.69) is 24.2 Å². The molecule has 84 valence electrons. The third-order valence-corrected chi connectivity index (χ3v) is 3.01. The van der Waals surface area contributed by atoms with E-state index in [0.29, 0.717) is 5.41 Å². The van der Waals surface area contributed by atoms with Gasteiger partial charge >= 0.3 is 0 Å². The van der Waals surface area contributed by atoms with Crippen LogP contribution in [0, 0.1) is 5.41 Å². The standard InChI is InChI=1S/C11H24N2O/c1-11(5-4-6-12-9-11)10-13(2)7-8-14-3/h12H,4-10H2,1-3H3. The Bertz CT molecular complexity index is 155. The molecule has 0 aromatic rings. The van der Waals surface area contributed by atoms with E-state index < -0.39 is 0 Å². The van der Waals surface area contributed by atoms with Crippen molar-refractivity contribution in [1.82, 2.24) is 10.2 Å². The molecule has 1 unspecified atom stereocenters. The summed E-state index contributed by atoms with van der Waals surface area (Å²) in [6, 6.07) is 0. The van der Waals surface area contributed by atoms with Crippen LogP contribution in [0.2, 0.25) is 0 Å². The summed E-state index contributed by atoms with van der Waals surface area (Å²) in [6.07, 6.45) is 2.66. The Labute approximate surface area is 87.8 Å². The van der Waals surface area contributed by atoms with Crippen LogP contribution in [0.3, 0.4) is 0 Å². The fourth-order valence-electron chi connectivity index (χ4n) is 2.23. The van der Waals surface area contributed by atoms with Crippen LogP contribution < -0.4 is 5.32 Å². The maximum absolute atomic E-state index is 5.08. The van der Waals surface area contributed by atoms with Gasteiger partial charge in [0.25, 0.3) is 0 Å². The quantitative estimate of drug-likeness (QED) is 0.715. The van der Waals surface area contributed by atoms with Crippen molar-refractivity contribution < 1.29 is 4.74 Å². The second-order valence-corrected chi connectivity index (χ2v) is 4.82. The van der Waals surface area contributed by atoms with Crippen LogP contribution >= 0.6 is 0 Å². The molecule has 0 saturated carbocycles. The maximum atomic E-state index is 5.08. The zero-order valence-corrected chi connectivity index (χ0v) is 9.81. The first kappa shape index (κ1) is 12.0. The summed E-state index contributed by atoms with van der Waals surface area (Å²) in [5.41, 5.74) is 0.459. The highest BCUT2D eigenvalue weighted by Crippen LogP contribution is 2.25. The van der Waals surface area contributed by atoms with Gasteiger partial charge in [0.05, 0.1) is 6.61 Å². The van der Waals surface area contributed by atoms with E-state index in [1.807, 2.05) is 0 Å². The average Bonchev–Trinajstić information content (AvgIpc) is 2.15. The number of nitrogens with zero attached hydrogens (tertiary/aromatic N) is 1. The summed E-state index contributed by atoms with van der Waals surface area (Å²) in [7, 11) is 3.94. The van der Waals surface area contributed by atoms with Gasteiger partial charge in [0, 0.05) is 26.7 Å². The number of methoxy groups -OCH3 is 1. The average molecular weight is 200 g/mol. The predicted octanol–water partition coefficient (Wildman–Crippen LogP) is 0.954. The monoisotopic (exact) mass is 200 g/mol. The molecule has 1 atom stereocenters. The summed E-state index contributed by atoms with van der Waals surface area (Å²) in [5, 5.41) is 3.48. The molecule has 3 heteroatoms. The minimum atomic E-state index is 0.459. The first-order chi connectivity index (χ1) is 6.66. The van der Waals surface area contributed by atoms with Gasteiger partial charge in [0.15, 0.2) is 0 Å². The Morgan fingerprint density at radius 1 is 1.50 bits per heavy atom. The highest BCUT2D eigenvalue weighted by Gasteiger charge is 2.27. The van der Waals surface area contributed by atoms with E-state index in [9.17, 15) is 0 Å². The molecule has 1 heterocycles. The zero-order valence-electron chi connectivity index (χ0n) is 9.81. The molecule has 0 aliphatic carbocycles. The number of rotatable bonds is 5. The summed E-state index contributed by atoms with van der Waals surface area (Å²) >= 11 is 0. The highest BCUT2D eigenvalue weighted by molar-refractivity contribution is 4.83. The van der Waals surface area contributed by atoms with Gasteiger partial charge in [0.2, 0.25) is 0 Å². The van der Waals surface area contributed by atoms with E-state index >= 15 is 0 Å². The Kier molecular flexibility index (Phi) is 4.85. The largest absolute Gasteiger partial charge is 0.383 e. The molecular formula is C11H24N2O. The summed E-state index contributed by atoms with van der Waals surface area (Å²) in [6.45, 7) is 7.76. The number of nitrogens with one attached hydrogen (secondary N) is 1. The van der Waals surface area contributed by atoms with Gasteiger partial charge in [-0.05, 0) is 31.8 Å². The van der Waals surface area contributed by atoms with Gasteiger partial charge in [-0.1, -0.05) is 6.92 Å². The molecule has 14 heavy (non-hydrogen) atoms. The molecule has 0 bridgehead atoms. The lowest BCUT2D eigenvalue weighted by Crippen LogP contribution is -2.45. The molecule has 1 rings (SSSR count). The third kappa shape index (κ3) is 3.95. The van der Waals surface area contributed by atoms with Crippen molar-refractivity contribution in [2.45, 2.75) is 19.8 Å².